The van der Waals surface area contributed by atoms with Crippen LogP contribution >= 0.6 is 11.6 Å². The predicted octanol–water partition coefficient (Wildman–Crippen LogP) is 3.85. The van der Waals surface area contributed by atoms with Crippen LogP contribution in [0, 0.1) is 0 Å². The number of rotatable bonds is 7. The van der Waals surface area contributed by atoms with Crippen LogP contribution in [0.3, 0.4) is 0 Å². The van der Waals surface area contributed by atoms with Crippen LogP contribution in [0.15, 0.2) is 60.9 Å². The Labute approximate surface area is 162 Å². The normalized spacial score (nSPS) is 10.3. The third kappa shape index (κ3) is 5.43. The molecule has 7 heteroatoms. The van der Waals surface area contributed by atoms with Crippen molar-refractivity contribution in [3.63, 3.8) is 0 Å². The van der Waals surface area contributed by atoms with Crippen LogP contribution in [0.4, 0.5) is 11.5 Å². The number of amides is 1. The lowest BCUT2D eigenvalue weighted by Gasteiger charge is -2.09. The predicted molar refractivity (Wildman–Crippen MR) is 106 cm³/mol. The minimum absolute atomic E-state index is 0.250. The summed E-state index contributed by atoms with van der Waals surface area (Å²) in [6, 6.07) is 16.6. The number of benzene rings is 2. The Balaban J connectivity index is 1.58. The molecule has 138 valence electrons. The first-order valence-corrected chi connectivity index (χ1v) is 8.77. The van der Waals surface area contributed by atoms with Crippen molar-refractivity contribution in [2.45, 2.75) is 6.42 Å². The molecule has 0 bridgehead atoms. The fourth-order valence-electron chi connectivity index (χ4n) is 2.46. The maximum atomic E-state index is 12.3. The molecular formula is C20H19ClN4O2. The van der Waals surface area contributed by atoms with Crippen molar-refractivity contribution in [1.82, 2.24) is 15.3 Å². The minimum atomic E-state index is -0.250. The monoisotopic (exact) mass is 382 g/mol. The lowest BCUT2D eigenvalue weighted by molar-refractivity contribution is 0.0949. The Kier molecular flexibility index (Phi) is 6.22. The van der Waals surface area contributed by atoms with Crippen LogP contribution in [-0.4, -0.2) is 29.5 Å². The number of anilines is 2. The molecule has 1 heterocycles. The number of ether oxygens (including phenoxy) is 1. The molecule has 27 heavy (non-hydrogen) atoms. The summed E-state index contributed by atoms with van der Waals surface area (Å²) in [5, 5.41) is 6.69. The Morgan fingerprint density at radius 1 is 1.11 bits per heavy atom. The smallest absolute Gasteiger partial charge is 0.270 e. The SMILES string of the molecule is COc1cccc(Nc2cc(C(=O)NCCc3ccc(Cl)cc3)ncn2)c1. The largest absolute Gasteiger partial charge is 0.497 e. The molecule has 0 spiro atoms. The lowest BCUT2D eigenvalue weighted by Crippen LogP contribution is -2.26. The minimum Gasteiger partial charge on any atom is -0.497 e. The van der Waals surface area contributed by atoms with E-state index in [9.17, 15) is 4.79 Å². The van der Waals surface area contributed by atoms with Crippen molar-refractivity contribution in [3.8, 4) is 5.75 Å². The number of nitrogens with one attached hydrogen (secondary N) is 2. The summed E-state index contributed by atoms with van der Waals surface area (Å²) in [5.74, 6) is 1.01. The van der Waals surface area contributed by atoms with Gasteiger partial charge in [0.1, 0.15) is 23.6 Å². The number of nitrogens with zero attached hydrogens (tertiary/aromatic N) is 2. The van der Waals surface area contributed by atoms with Gasteiger partial charge in [0, 0.05) is 29.4 Å². The summed E-state index contributed by atoms with van der Waals surface area (Å²) in [7, 11) is 1.61. The summed E-state index contributed by atoms with van der Waals surface area (Å²) in [4.78, 5) is 20.5. The molecule has 2 N–H and O–H groups in total. The number of aromatic nitrogens is 2. The summed E-state index contributed by atoms with van der Waals surface area (Å²) in [6.07, 6.45) is 2.07. The summed E-state index contributed by atoms with van der Waals surface area (Å²) in [5.41, 5.74) is 2.21. The number of hydrogen-bond acceptors (Lipinski definition) is 5. The number of carbonyl (C=O) groups is 1. The molecule has 6 nitrogen and oxygen atoms in total. The highest BCUT2D eigenvalue weighted by Crippen LogP contribution is 2.20. The van der Waals surface area contributed by atoms with E-state index in [0.717, 1.165) is 17.0 Å². The molecule has 1 aromatic heterocycles. The average Bonchev–Trinajstić information content (AvgIpc) is 2.70. The molecule has 0 unspecified atom stereocenters. The molecule has 0 saturated heterocycles. The molecule has 0 radical (unpaired) electrons. The van der Waals surface area contributed by atoms with E-state index in [1.807, 2.05) is 48.5 Å². The van der Waals surface area contributed by atoms with Crippen molar-refractivity contribution in [1.29, 1.82) is 0 Å². The van der Waals surface area contributed by atoms with E-state index in [-0.39, 0.29) is 5.91 Å². The van der Waals surface area contributed by atoms with Gasteiger partial charge in [-0.25, -0.2) is 9.97 Å². The molecule has 3 rings (SSSR count). The van der Waals surface area contributed by atoms with Gasteiger partial charge in [0.05, 0.1) is 7.11 Å². The molecule has 0 saturated carbocycles. The Morgan fingerprint density at radius 2 is 1.93 bits per heavy atom. The van der Waals surface area contributed by atoms with Gasteiger partial charge in [-0.05, 0) is 36.2 Å². The van der Waals surface area contributed by atoms with Crippen molar-refractivity contribution < 1.29 is 9.53 Å². The van der Waals surface area contributed by atoms with Gasteiger partial charge in [0.25, 0.3) is 5.91 Å². The highest BCUT2D eigenvalue weighted by atomic mass is 35.5. The second-order valence-corrected chi connectivity index (χ2v) is 6.21. The molecule has 1 amide bonds. The molecule has 0 aliphatic heterocycles. The second kappa shape index (κ2) is 9.00. The third-order valence-corrected chi connectivity index (χ3v) is 4.11. The second-order valence-electron chi connectivity index (χ2n) is 5.78. The lowest BCUT2D eigenvalue weighted by atomic mass is 10.1. The molecule has 0 fully saturated rings. The molecule has 0 aliphatic rings. The van der Waals surface area contributed by atoms with Gasteiger partial charge < -0.3 is 15.4 Å². The van der Waals surface area contributed by atoms with Gasteiger partial charge in [0.15, 0.2) is 0 Å². The Morgan fingerprint density at radius 3 is 2.70 bits per heavy atom. The maximum Gasteiger partial charge on any atom is 0.270 e. The van der Waals surface area contributed by atoms with E-state index < -0.39 is 0 Å². The zero-order chi connectivity index (χ0) is 19.1. The van der Waals surface area contributed by atoms with Crippen LogP contribution in [0.2, 0.25) is 5.02 Å². The third-order valence-electron chi connectivity index (χ3n) is 3.85. The Hall–Kier alpha value is -3.12. The fourth-order valence-corrected chi connectivity index (χ4v) is 2.59. The summed E-state index contributed by atoms with van der Waals surface area (Å²) in [6.45, 7) is 0.503. The van der Waals surface area contributed by atoms with Gasteiger partial charge in [-0.1, -0.05) is 29.8 Å². The van der Waals surface area contributed by atoms with Crippen LogP contribution in [0.5, 0.6) is 5.75 Å². The first kappa shape index (κ1) is 18.7. The van der Waals surface area contributed by atoms with Crippen LogP contribution in [0.1, 0.15) is 16.1 Å². The van der Waals surface area contributed by atoms with Gasteiger partial charge in [-0.3, -0.25) is 4.79 Å². The van der Waals surface area contributed by atoms with E-state index in [1.165, 1.54) is 6.33 Å². The Bertz CT molecular complexity index is 916. The highest BCUT2D eigenvalue weighted by Gasteiger charge is 2.09. The topological polar surface area (TPSA) is 76.1 Å². The van der Waals surface area contributed by atoms with E-state index in [1.54, 1.807) is 13.2 Å². The van der Waals surface area contributed by atoms with Gasteiger partial charge in [-0.15, -0.1) is 0 Å². The first-order chi connectivity index (χ1) is 13.1. The molecule has 0 aliphatic carbocycles. The van der Waals surface area contributed by atoms with Crippen LogP contribution in [0.25, 0.3) is 0 Å². The van der Waals surface area contributed by atoms with Crippen molar-refractivity contribution >= 4 is 29.0 Å². The molecular weight excluding hydrogens is 364 g/mol. The van der Waals surface area contributed by atoms with Crippen LogP contribution < -0.4 is 15.4 Å². The zero-order valence-corrected chi connectivity index (χ0v) is 15.5. The number of hydrogen-bond donors (Lipinski definition) is 2. The number of carbonyl (C=O) groups excluding carboxylic acids is 1. The maximum absolute atomic E-state index is 12.3. The summed E-state index contributed by atoms with van der Waals surface area (Å²) < 4.78 is 5.20. The molecule has 2 aromatic carbocycles. The standard InChI is InChI=1S/C20H19ClN4O2/c1-27-17-4-2-3-16(11-17)25-19-12-18(23-13-24-19)20(26)22-10-9-14-5-7-15(21)8-6-14/h2-8,11-13H,9-10H2,1H3,(H,22,26)(H,23,24,25). The van der Waals surface area contributed by atoms with Gasteiger partial charge in [-0.2, -0.15) is 0 Å². The quantitative estimate of drug-likeness (QED) is 0.649. The van der Waals surface area contributed by atoms with Gasteiger partial charge in [0.2, 0.25) is 0 Å². The fraction of sp³-hybridized carbons (Fsp3) is 0.150. The number of halogens is 1. The molecule has 0 atom stereocenters. The van der Waals surface area contributed by atoms with Crippen LogP contribution in [-0.2, 0) is 6.42 Å². The van der Waals surface area contributed by atoms with E-state index in [0.29, 0.717) is 29.5 Å². The van der Waals surface area contributed by atoms with E-state index in [4.69, 9.17) is 16.3 Å². The van der Waals surface area contributed by atoms with Gasteiger partial charge >= 0.3 is 0 Å². The first-order valence-electron chi connectivity index (χ1n) is 8.40. The van der Waals surface area contributed by atoms with E-state index in [2.05, 4.69) is 20.6 Å². The van der Waals surface area contributed by atoms with E-state index >= 15 is 0 Å². The average molecular weight is 383 g/mol. The van der Waals surface area contributed by atoms with Crippen molar-refractivity contribution in [2.24, 2.45) is 0 Å². The summed E-state index contributed by atoms with van der Waals surface area (Å²) >= 11 is 5.87. The van der Waals surface area contributed by atoms with Crippen molar-refractivity contribution in [2.75, 3.05) is 19.0 Å². The highest BCUT2D eigenvalue weighted by molar-refractivity contribution is 6.30. The molecule has 3 aromatic rings. The zero-order valence-electron chi connectivity index (χ0n) is 14.8. The van der Waals surface area contributed by atoms with Crippen molar-refractivity contribution in [3.05, 3.63) is 77.2 Å². The number of methoxy groups -OCH3 is 1.